The van der Waals surface area contributed by atoms with Crippen LogP contribution in [0.3, 0.4) is 0 Å². The molecule has 152 valence electrons. The van der Waals surface area contributed by atoms with Gasteiger partial charge in [-0.3, -0.25) is 10.1 Å². The molecule has 2 saturated heterocycles. The number of piperidine rings is 1. The molecule has 1 N–H and O–H groups in total. The summed E-state index contributed by atoms with van der Waals surface area (Å²) in [7, 11) is 2.22. The van der Waals surface area contributed by atoms with E-state index in [1.807, 2.05) is 12.3 Å². The summed E-state index contributed by atoms with van der Waals surface area (Å²) in [6.07, 6.45) is 6.10. The average Bonchev–Trinajstić information content (AvgIpc) is 3.27. The van der Waals surface area contributed by atoms with Gasteiger partial charge in [0.1, 0.15) is 17.0 Å². The van der Waals surface area contributed by atoms with Crippen molar-refractivity contribution in [2.24, 2.45) is 0 Å². The van der Waals surface area contributed by atoms with Crippen molar-refractivity contribution in [1.29, 1.82) is 0 Å². The summed E-state index contributed by atoms with van der Waals surface area (Å²) >= 11 is 0. The van der Waals surface area contributed by atoms with Crippen molar-refractivity contribution in [1.82, 2.24) is 25.1 Å². The molecule has 7 heteroatoms. The number of rotatable bonds is 3. The number of nitrogens with one attached hydrogen (secondary N) is 1. The highest BCUT2D eigenvalue weighted by Crippen LogP contribution is 2.36. The topological polar surface area (TPSA) is 70.2 Å². The van der Waals surface area contributed by atoms with Gasteiger partial charge in [-0.25, -0.2) is 4.98 Å². The van der Waals surface area contributed by atoms with E-state index in [9.17, 15) is 0 Å². The predicted octanol–water partition coefficient (Wildman–Crippen LogP) is 3.05. The molecule has 0 bridgehead atoms. The zero-order valence-electron chi connectivity index (χ0n) is 17.1. The first kappa shape index (κ1) is 18.5. The van der Waals surface area contributed by atoms with Gasteiger partial charge < -0.3 is 14.5 Å². The van der Waals surface area contributed by atoms with Gasteiger partial charge >= 0.3 is 0 Å². The van der Waals surface area contributed by atoms with Gasteiger partial charge in [-0.05, 0) is 63.0 Å². The van der Waals surface area contributed by atoms with Crippen LogP contribution >= 0.6 is 0 Å². The number of pyridine rings is 2. The number of aromatic nitrogens is 4. The van der Waals surface area contributed by atoms with Gasteiger partial charge in [0, 0.05) is 30.9 Å². The van der Waals surface area contributed by atoms with Crippen LogP contribution in [0.4, 0.5) is 5.82 Å². The number of anilines is 1. The van der Waals surface area contributed by atoms with Crippen LogP contribution < -0.4 is 4.90 Å². The maximum atomic E-state index is 5.66. The number of likely N-dealkylation sites (tertiary alicyclic amines) is 1. The molecule has 2 fully saturated rings. The maximum absolute atomic E-state index is 5.66. The minimum absolute atomic E-state index is 0.308. The summed E-state index contributed by atoms with van der Waals surface area (Å²) in [4.78, 5) is 14.6. The Bertz CT molecular complexity index is 988. The largest absolute Gasteiger partial charge is 0.377 e. The van der Waals surface area contributed by atoms with Crippen LogP contribution in [0.5, 0.6) is 0 Å². The highest BCUT2D eigenvalue weighted by Gasteiger charge is 2.26. The Hall–Kier alpha value is -2.51. The second kappa shape index (κ2) is 7.72. The number of fused-ring (bicyclic) bond motifs is 1. The molecule has 0 amide bonds. The minimum atomic E-state index is 0.308. The van der Waals surface area contributed by atoms with E-state index in [1.54, 1.807) is 6.20 Å². The van der Waals surface area contributed by atoms with Gasteiger partial charge in [0.15, 0.2) is 0 Å². The molecule has 2 aliphatic rings. The third kappa shape index (κ3) is 3.49. The molecule has 0 radical (unpaired) electrons. The molecule has 0 aliphatic carbocycles. The van der Waals surface area contributed by atoms with E-state index >= 15 is 0 Å². The monoisotopic (exact) mass is 392 g/mol. The Morgan fingerprint density at radius 3 is 2.93 bits per heavy atom. The lowest BCUT2D eigenvalue weighted by Crippen LogP contribution is -2.44. The van der Waals surface area contributed by atoms with Crippen LogP contribution in [-0.2, 0) is 4.74 Å². The summed E-state index contributed by atoms with van der Waals surface area (Å²) in [5.74, 6) is 1.54. The zero-order valence-corrected chi connectivity index (χ0v) is 17.1. The molecule has 2 atom stereocenters. The lowest BCUT2D eigenvalue weighted by atomic mass is 9.88. The average molecular weight is 393 g/mol. The van der Waals surface area contributed by atoms with Gasteiger partial charge in [-0.2, -0.15) is 5.10 Å². The molecule has 5 rings (SSSR count). The van der Waals surface area contributed by atoms with Gasteiger partial charge in [0.2, 0.25) is 0 Å². The third-order valence-corrected chi connectivity index (χ3v) is 6.23. The Labute approximate surface area is 171 Å². The van der Waals surface area contributed by atoms with E-state index in [1.165, 1.54) is 30.3 Å². The second-order valence-electron chi connectivity index (χ2n) is 8.31. The Balaban J connectivity index is 1.70. The fraction of sp³-hybridized carbons (Fsp3) is 0.500. The van der Waals surface area contributed by atoms with Gasteiger partial charge in [-0.1, -0.05) is 0 Å². The fourth-order valence-corrected chi connectivity index (χ4v) is 4.72. The summed E-state index contributed by atoms with van der Waals surface area (Å²) in [6.45, 7) is 6.81. The van der Waals surface area contributed by atoms with Crippen LogP contribution in [0.25, 0.3) is 22.3 Å². The van der Waals surface area contributed by atoms with E-state index in [4.69, 9.17) is 9.72 Å². The highest BCUT2D eigenvalue weighted by molar-refractivity contribution is 5.94. The Morgan fingerprint density at radius 1 is 1.21 bits per heavy atom. The molecule has 29 heavy (non-hydrogen) atoms. The van der Waals surface area contributed by atoms with Crippen molar-refractivity contribution >= 4 is 16.7 Å². The first-order valence-electron chi connectivity index (χ1n) is 10.5. The summed E-state index contributed by atoms with van der Waals surface area (Å²) in [6, 6.07) is 6.72. The van der Waals surface area contributed by atoms with Crippen LogP contribution in [0.2, 0.25) is 0 Å². The number of morpholine rings is 1. The first-order valence-corrected chi connectivity index (χ1v) is 10.5. The molecule has 0 spiro atoms. The van der Waals surface area contributed by atoms with E-state index in [2.05, 4.69) is 51.1 Å². The second-order valence-corrected chi connectivity index (χ2v) is 8.31. The number of likely N-dealkylation sites (N-methyl/N-ethyl adjacent to an activating group) is 1. The van der Waals surface area contributed by atoms with Crippen molar-refractivity contribution in [2.45, 2.75) is 31.7 Å². The van der Waals surface area contributed by atoms with E-state index in [0.29, 0.717) is 12.0 Å². The van der Waals surface area contributed by atoms with Crippen molar-refractivity contribution in [3.8, 4) is 11.4 Å². The van der Waals surface area contributed by atoms with Gasteiger partial charge in [0.05, 0.1) is 24.9 Å². The molecular formula is C22H28N6O. The molecule has 0 aromatic carbocycles. The summed E-state index contributed by atoms with van der Waals surface area (Å²) < 4.78 is 5.66. The molecule has 0 saturated carbocycles. The van der Waals surface area contributed by atoms with E-state index < -0.39 is 0 Å². The smallest absolute Gasteiger partial charge is 0.130 e. The highest BCUT2D eigenvalue weighted by atomic mass is 16.5. The molecule has 3 aromatic heterocycles. The standard InChI is InChI=1S/C22H28N6O/c1-15-14-29-11-10-28(15)20-12-18(16-4-3-9-27(2)13-16)17-5-7-23-22(21(17)25-20)19-6-8-24-26-19/h5-8,12,15-16H,3-4,9-11,13-14H2,1-2H3,(H,24,26)/t15-,16?/m1/s1. The molecular weight excluding hydrogens is 364 g/mol. The normalized spacial score (nSPS) is 23.6. The first-order chi connectivity index (χ1) is 14.2. The van der Waals surface area contributed by atoms with E-state index in [-0.39, 0.29) is 0 Å². The van der Waals surface area contributed by atoms with Crippen LogP contribution in [-0.4, -0.2) is 71.0 Å². The van der Waals surface area contributed by atoms with E-state index in [0.717, 1.165) is 49.0 Å². The number of H-pyrrole nitrogens is 1. The van der Waals surface area contributed by atoms with Crippen LogP contribution in [0.15, 0.2) is 30.6 Å². The minimum Gasteiger partial charge on any atom is -0.377 e. The summed E-state index contributed by atoms with van der Waals surface area (Å²) in [5, 5.41) is 8.39. The SMILES string of the molecule is C[C@@H]1COCCN1c1cc(C2CCCN(C)C2)c2ccnc(-c3ccn[nH]3)c2n1. The van der Waals surface area contributed by atoms with Gasteiger partial charge in [-0.15, -0.1) is 0 Å². The maximum Gasteiger partial charge on any atom is 0.130 e. The number of hydrogen-bond donors (Lipinski definition) is 1. The predicted molar refractivity (Wildman–Crippen MR) is 114 cm³/mol. The fourth-order valence-electron chi connectivity index (χ4n) is 4.72. The molecule has 7 nitrogen and oxygen atoms in total. The Kier molecular flexibility index (Phi) is 4.93. The van der Waals surface area contributed by atoms with Crippen molar-refractivity contribution in [2.75, 3.05) is 44.8 Å². The number of aromatic amines is 1. The number of nitrogens with zero attached hydrogens (tertiary/aromatic N) is 5. The quantitative estimate of drug-likeness (QED) is 0.739. The lowest BCUT2D eigenvalue weighted by Gasteiger charge is -2.36. The van der Waals surface area contributed by atoms with Crippen molar-refractivity contribution in [3.05, 3.63) is 36.2 Å². The summed E-state index contributed by atoms with van der Waals surface area (Å²) in [5.41, 5.74) is 4.12. The van der Waals surface area contributed by atoms with Crippen molar-refractivity contribution < 1.29 is 4.74 Å². The number of ether oxygens (including phenoxy) is 1. The molecule has 2 aliphatic heterocycles. The van der Waals surface area contributed by atoms with Gasteiger partial charge in [0.25, 0.3) is 0 Å². The number of hydrogen-bond acceptors (Lipinski definition) is 6. The molecule has 5 heterocycles. The third-order valence-electron chi connectivity index (χ3n) is 6.23. The van der Waals surface area contributed by atoms with Crippen LogP contribution in [0, 0.1) is 0 Å². The van der Waals surface area contributed by atoms with Crippen LogP contribution in [0.1, 0.15) is 31.2 Å². The zero-order chi connectivity index (χ0) is 19.8. The Morgan fingerprint density at radius 2 is 2.14 bits per heavy atom. The van der Waals surface area contributed by atoms with Crippen molar-refractivity contribution in [3.63, 3.8) is 0 Å². The molecule has 3 aromatic rings. The lowest BCUT2D eigenvalue weighted by molar-refractivity contribution is 0.0985. The molecule has 1 unspecified atom stereocenters.